The average Bonchev–Trinajstić information content (AvgIpc) is 3.25. The first-order valence-corrected chi connectivity index (χ1v) is 13.3. The van der Waals surface area contributed by atoms with Gasteiger partial charge in [-0.25, -0.2) is 8.42 Å². The molecule has 6 nitrogen and oxygen atoms in total. The fraction of sp³-hybridized carbons (Fsp3) is 0.269. The number of nitrogens with zero attached hydrogens (tertiary/aromatic N) is 2. The SMILES string of the molecule is COCCN(CC(=O)N(Cc1ccccc1)Cc1ccc(C)s1)S(=O)(=O)/C=C/c1ccccc1. The third-order valence-corrected chi connectivity index (χ3v) is 7.66. The van der Waals surface area contributed by atoms with Crippen LogP contribution in [0.3, 0.4) is 0 Å². The summed E-state index contributed by atoms with van der Waals surface area (Å²) in [5, 5.41) is 1.15. The van der Waals surface area contributed by atoms with Crippen LogP contribution in [0.4, 0.5) is 0 Å². The van der Waals surface area contributed by atoms with Crippen molar-refractivity contribution in [2.75, 3.05) is 26.8 Å². The highest BCUT2D eigenvalue weighted by Crippen LogP contribution is 2.19. The maximum atomic E-state index is 13.4. The minimum atomic E-state index is -3.84. The predicted molar refractivity (Wildman–Crippen MR) is 138 cm³/mol. The van der Waals surface area contributed by atoms with Crippen molar-refractivity contribution in [3.8, 4) is 0 Å². The molecule has 0 saturated heterocycles. The minimum Gasteiger partial charge on any atom is -0.383 e. The Kier molecular flexibility index (Phi) is 9.59. The molecule has 1 aromatic heterocycles. The number of thiophene rings is 1. The number of hydrogen-bond donors (Lipinski definition) is 0. The van der Waals surface area contributed by atoms with Gasteiger partial charge >= 0.3 is 0 Å². The van der Waals surface area contributed by atoms with Gasteiger partial charge in [0.1, 0.15) is 0 Å². The van der Waals surface area contributed by atoms with Crippen LogP contribution in [0.5, 0.6) is 0 Å². The van der Waals surface area contributed by atoms with Crippen LogP contribution in [0, 0.1) is 6.92 Å². The van der Waals surface area contributed by atoms with Crippen molar-refractivity contribution < 1.29 is 17.9 Å². The molecule has 0 aliphatic rings. The zero-order chi connectivity index (χ0) is 24.4. The Labute approximate surface area is 206 Å². The lowest BCUT2D eigenvalue weighted by Crippen LogP contribution is -2.43. The van der Waals surface area contributed by atoms with Gasteiger partial charge in [0.15, 0.2) is 0 Å². The van der Waals surface area contributed by atoms with E-state index >= 15 is 0 Å². The molecule has 0 radical (unpaired) electrons. The summed E-state index contributed by atoms with van der Waals surface area (Å²) in [6, 6.07) is 22.9. The zero-order valence-electron chi connectivity index (χ0n) is 19.5. The molecule has 1 heterocycles. The molecular formula is C26H30N2O4S2. The van der Waals surface area contributed by atoms with Crippen LogP contribution in [0.2, 0.25) is 0 Å². The normalized spacial score (nSPS) is 11.9. The number of methoxy groups -OCH3 is 1. The van der Waals surface area contributed by atoms with Gasteiger partial charge in [0.2, 0.25) is 15.9 Å². The van der Waals surface area contributed by atoms with Gasteiger partial charge in [-0.15, -0.1) is 11.3 Å². The monoisotopic (exact) mass is 498 g/mol. The van der Waals surface area contributed by atoms with Crippen LogP contribution < -0.4 is 0 Å². The van der Waals surface area contributed by atoms with Crippen molar-refractivity contribution >= 4 is 33.3 Å². The van der Waals surface area contributed by atoms with E-state index in [4.69, 9.17) is 4.74 Å². The van der Waals surface area contributed by atoms with E-state index in [0.717, 1.165) is 26.3 Å². The second-order valence-electron chi connectivity index (χ2n) is 7.83. The topological polar surface area (TPSA) is 66.9 Å². The molecule has 0 aliphatic carbocycles. The standard InChI is InChI=1S/C26H30N2O4S2/c1-22-13-14-25(33-22)20-27(19-24-11-7-4-8-12-24)26(29)21-28(16-17-32-2)34(30,31)18-15-23-9-5-3-6-10-23/h3-15,18H,16-17,19-21H2,1-2H3/b18-15+. The predicted octanol–water partition coefficient (Wildman–Crippen LogP) is 4.53. The summed E-state index contributed by atoms with van der Waals surface area (Å²) < 4.78 is 32.5. The summed E-state index contributed by atoms with van der Waals surface area (Å²) in [7, 11) is -2.33. The molecule has 0 N–H and O–H groups in total. The molecule has 2 aromatic carbocycles. The Morgan fingerprint density at radius 1 is 0.971 bits per heavy atom. The second-order valence-corrected chi connectivity index (χ2v) is 11.0. The minimum absolute atomic E-state index is 0.0843. The third-order valence-electron chi connectivity index (χ3n) is 5.16. The van der Waals surface area contributed by atoms with Crippen molar-refractivity contribution in [3.63, 3.8) is 0 Å². The Morgan fingerprint density at radius 3 is 2.26 bits per heavy atom. The maximum absolute atomic E-state index is 13.4. The Balaban J connectivity index is 1.80. The van der Waals surface area contributed by atoms with Crippen LogP contribution in [0.1, 0.15) is 20.9 Å². The highest BCUT2D eigenvalue weighted by atomic mass is 32.2. The van der Waals surface area contributed by atoms with E-state index in [1.807, 2.05) is 79.7 Å². The van der Waals surface area contributed by atoms with E-state index < -0.39 is 10.0 Å². The van der Waals surface area contributed by atoms with Crippen molar-refractivity contribution in [3.05, 3.63) is 99.1 Å². The van der Waals surface area contributed by atoms with Crippen LogP contribution in [-0.4, -0.2) is 50.3 Å². The number of rotatable bonds is 12. The van der Waals surface area contributed by atoms with Crippen molar-refractivity contribution in [1.82, 2.24) is 9.21 Å². The lowest BCUT2D eigenvalue weighted by molar-refractivity contribution is -0.132. The van der Waals surface area contributed by atoms with Crippen LogP contribution in [-0.2, 0) is 32.6 Å². The summed E-state index contributed by atoms with van der Waals surface area (Å²) in [4.78, 5) is 17.3. The van der Waals surface area contributed by atoms with E-state index in [-0.39, 0.29) is 25.6 Å². The molecule has 180 valence electrons. The van der Waals surface area contributed by atoms with E-state index in [1.165, 1.54) is 17.5 Å². The number of benzene rings is 2. The molecule has 0 spiro atoms. The number of hydrogen-bond acceptors (Lipinski definition) is 5. The van der Waals surface area contributed by atoms with Crippen molar-refractivity contribution in [1.29, 1.82) is 0 Å². The van der Waals surface area contributed by atoms with Crippen LogP contribution in [0.25, 0.3) is 6.08 Å². The molecule has 1 amide bonds. The third kappa shape index (κ3) is 7.92. The first-order valence-electron chi connectivity index (χ1n) is 11.0. The first-order chi connectivity index (χ1) is 16.4. The number of sulfonamides is 1. The van der Waals surface area contributed by atoms with Crippen molar-refractivity contribution in [2.24, 2.45) is 0 Å². The highest BCUT2D eigenvalue weighted by Gasteiger charge is 2.25. The Hall–Kier alpha value is -2.78. The summed E-state index contributed by atoms with van der Waals surface area (Å²) in [5.74, 6) is -0.261. The van der Waals surface area contributed by atoms with Gasteiger partial charge in [0.05, 0.1) is 19.7 Å². The van der Waals surface area contributed by atoms with Crippen LogP contribution in [0.15, 0.2) is 78.2 Å². The first kappa shape index (κ1) is 25.8. The highest BCUT2D eigenvalue weighted by molar-refractivity contribution is 7.92. The molecule has 3 rings (SSSR count). The number of aryl methyl sites for hydroxylation is 1. The van der Waals surface area contributed by atoms with E-state index in [9.17, 15) is 13.2 Å². The van der Waals surface area contributed by atoms with Gasteiger partial charge in [-0.2, -0.15) is 4.31 Å². The largest absolute Gasteiger partial charge is 0.383 e. The number of amides is 1. The molecule has 0 atom stereocenters. The van der Waals surface area contributed by atoms with E-state index in [0.29, 0.717) is 13.1 Å². The number of carbonyl (C=O) groups is 1. The fourth-order valence-electron chi connectivity index (χ4n) is 3.35. The van der Waals surface area contributed by atoms with Crippen LogP contribution >= 0.6 is 11.3 Å². The second kappa shape index (κ2) is 12.6. The Bertz CT molecular complexity index is 1180. The molecule has 0 saturated carbocycles. The van der Waals surface area contributed by atoms with E-state index in [1.54, 1.807) is 16.2 Å². The van der Waals surface area contributed by atoms with Gasteiger partial charge in [-0.05, 0) is 36.3 Å². The van der Waals surface area contributed by atoms with E-state index in [2.05, 4.69) is 0 Å². The fourth-order valence-corrected chi connectivity index (χ4v) is 5.38. The van der Waals surface area contributed by atoms with Gasteiger partial charge < -0.3 is 9.64 Å². The molecule has 3 aromatic rings. The molecule has 34 heavy (non-hydrogen) atoms. The summed E-state index contributed by atoms with van der Waals surface area (Å²) in [6.07, 6.45) is 1.54. The quantitative estimate of drug-likeness (QED) is 0.368. The maximum Gasteiger partial charge on any atom is 0.238 e. The zero-order valence-corrected chi connectivity index (χ0v) is 21.1. The Morgan fingerprint density at radius 2 is 1.65 bits per heavy atom. The van der Waals surface area contributed by atoms with Crippen molar-refractivity contribution in [2.45, 2.75) is 20.0 Å². The summed E-state index contributed by atoms with van der Waals surface area (Å²) >= 11 is 1.63. The van der Waals surface area contributed by atoms with Gasteiger partial charge in [0.25, 0.3) is 0 Å². The molecule has 0 fully saturated rings. The smallest absolute Gasteiger partial charge is 0.238 e. The molecule has 0 aliphatic heterocycles. The number of ether oxygens (including phenoxy) is 1. The molecule has 0 bridgehead atoms. The molecule has 0 unspecified atom stereocenters. The van der Waals surface area contributed by atoms with Gasteiger partial charge in [-0.3, -0.25) is 4.79 Å². The lowest BCUT2D eigenvalue weighted by atomic mass is 10.2. The molecular weight excluding hydrogens is 468 g/mol. The summed E-state index contributed by atoms with van der Waals surface area (Å²) in [5.41, 5.74) is 1.75. The average molecular weight is 499 g/mol. The number of carbonyl (C=O) groups excluding carboxylic acids is 1. The van der Waals surface area contributed by atoms with Gasteiger partial charge in [-0.1, -0.05) is 60.7 Å². The van der Waals surface area contributed by atoms with Gasteiger partial charge in [0, 0.05) is 35.4 Å². The summed E-state index contributed by atoms with van der Waals surface area (Å²) in [6.45, 7) is 2.85. The lowest BCUT2D eigenvalue weighted by Gasteiger charge is -2.26. The molecule has 8 heteroatoms.